The van der Waals surface area contributed by atoms with E-state index in [2.05, 4.69) is 46.1 Å². The summed E-state index contributed by atoms with van der Waals surface area (Å²) in [5, 5.41) is 10.8. The summed E-state index contributed by atoms with van der Waals surface area (Å²) >= 11 is 0. The number of hydrogen-bond donors (Lipinski definition) is 2. The first-order valence-electron chi connectivity index (χ1n) is 8.19. The Morgan fingerprint density at radius 1 is 1.35 bits per heavy atom. The summed E-state index contributed by atoms with van der Waals surface area (Å²) < 4.78 is 1.94. The molecule has 1 amide bonds. The van der Waals surface area contributed by atoms with Crippen LogP contribution >= 0.6 is 0 Å². The summed E-state index contributed by atoms with van der Waals surface area (Å²) in [4.78, 5) is 12.2. The Morgan fingerprint density at radius 3 is 2.65 bits per heavy atom. The molecule has 3 rings (SSSR count). The van der Waals surface area contributed by atoms with Crippen LogP contribution in [0.4, 0.5) is 0 Å². The van der Waals surface area contributed by atoms with Gasteiger partial charge >= 0.3 is 0 Å². The number of aromatic nitrogens is 2. The van der Waals surface area contributed by atoms with Crippen LogP contribution in [0.15, 0.2) is 30.3 Å². The third-order valence-corrected chi connectivity index (χ3v) is 4.44. The lowest BCUT2D eigenvalue weighted by Gasteiger charge is -2.17. The van der Waals surface area contributed by atoms with Crippen molar-refractivity contribution < 1.29 is 4.79 Å². The van der Waals surface area contributed by atoms with Crippen molar-refractivity contribution in [1.29, 1.82) is 0 Å². The topological polar surface area (TPSA) is 59.0 Å². The van der Waals surface area contributed by atoms with Crippen molar-refractivity contribution in [1.82, 2.24) is 20.4 Å². The van der Waals surface area contributed by atoms with E-state index in [-0.39, 0.29) is 17.9 Å². The fourth-order valence-electron chi connectivity index (χ4n) is 3.09. The summed E-state index contributed by atoms with van der Waals surface area (Å²) in [6.45, 7) is 7.79. The van der Waals surface area contributed by atoms with Gasteiger partial charge in [-0.3, -0.25) is 4.79 Å². The van der Waals surface area contributed by atoms with E-state index in [1.54, 1.807) is 0 Å². The van der Waals surface area contributed by atoms with Crippen molar-refractivity contribution in [2.45, 2.75) is 33.2 Å². The molecule has 0 radical (unpaired) electrons. The highest BCUT2D eigenvalue weighted by Crippen LogP contribution is 2.18. The molecule has 0 bridgehead atoms. The minimum absolute atomic E-state index is 0.0117. The standard InChI is InChI=1S/C18H24N4O/c1-12-10-13(2)22(21-12)17-6-4-15(5-7-17)14(3)20-18(23)16-8-9-19-11-16/h4-7,10,14,16,19H,8-9,11H2,1-3H3,(H,20,23). The Balaban J connectivity index is 1.69. The Kier molecular flexibility index (Phi) is 4.48. The van der Waals surface area contributed by atoms with Crippen molar-refractivity contribution >= 4 is 5.91 Å². The number of nitrogens with one attached hydrogen (secondary N) is 2. The average Bonchev–Trinajstić information content (AvgIpc) is 3.17. The number of carbonyl (C=O) groups is 1. The lowest BCUT2D eigenvalue weighted by molar-refractivity contribution is -0.125. The molecule has 5 nitrogen and oxygen atoms in total. The molecule has 2 aromatic rings. The quantitative estimate of drug-likeness (QED) is 0.910. The molecule has 1 saturated heterocycles. The second kappa shape index (κ2) is 6.54. The molecule has 0 spiro atoms. The monoisotopic (exact) mass is 312 g/mol. The van der Waals surface area contributed by atoms with Gasteiger partial charge in [-0.25, -0.2) is 4.68 Å². The van der Waals surface area contributed by atoms with Crippen molar-refractivity contribution in [3.8, 4) is 5.69 Å². The van der Waals surface area contributed by atoms with Gasteiger partial charge in [0.15, 0.2) is 0 Å². The molecule has 0 aliphatic carbocycles. The Morgan fingerprint density at radius 2 is 2.09 bits per heavy atom. The maximum absolute atomic E-state index is 12.2. The van der Waals surface area contributed by atoms with Gasteiger partial charge in [0.1, 0.15) is 0 Å². The van der Waals surface area contributed by atoms with E-state index in [9.17, 15) is 4.79 Å². The maximum Gasteiger partial charge on any atom is 0.224 e. The minimum Gasteiger partial charge on any atom is -0.349 e. The van der Waals surface area contributed by atoms with E-state index in [1.165, 1.54) is 0 Å². The molecule has 1 fully saturated rings. The number of amides is 1. The lowest BCUT2D eigenvalue weighted by atomic mass is 10.0. The largest absolute Gasteiger partial charge is 0.349 e. The highest BCUT2D eigenvalue weighted by molar-refractivity contribution is 5.79. The number of nitrogens with zero attached hydrogens (tertiary/aromatic N) is 2. The van der Waals surface area contributed by atoms with Crippen molar-refractivity contribution in [2.75, 3.05) is 13.1 Å². The molecule has 2 N–H and O–H groups in total. The van der Waals surface area contributed by atoms with Gasteiger partial charge in [0.25, 0.3) is 0 Å². The van der Waals surface area contributed by atoms with Gasteiger partial charge in [-0.2, -0.15) is 5.10 Å². The van der Waals surface area contributed by atoms with Gasteiger partial charge in [-0.05, 0) is 57.5 Å². The van der Waals surface area contributed by atoms with Gasteiger partial charge in [0, 0.05) is 12.2 Å². The van der Waals surface area contributed by atoms with Crippen molar-refractivity contribution in [2.24, 2.45) is 5.92 Å². The first-order chi connectivity index (χ1) is 11.0. The molecule has 2 unspecified atom stereocenters. The number of carbonyl (C=O) groups excluding carboxylic acids is 1. The Bertz CT molecular complexity index is 684. The average molecular weight is 312 g/mol. The number of benzene rings is 1. The summed E-state index contributed by atoms with van der Waals surface area (Å²) in [7, 11) is 0. The predicted molar refractivity (Wildman–Crippen MR) is 90.6 cm³/mol. The van der Waals surface area contributed by atoms with Gasteiger partial charge in [-0.1, -0.05) is 12.1 Å². The zero-order valence-corrected chi connectivity index (χ0v) is 14.0. The van der Waals surface area contributed by atoms with E-state index in [0.717, 1.165) is 42.1 Å². The van der Waals surface area contributed by atoms with Gasteiger partial charge in [0.05, 0.1) is 23.3 Å². The highest BCUT2D eigenvalue weighted by Gasteiger charge is 2.23. The van der Waals surface area contributed by atoms with Crippen LogP contribution < -0.4 is 10.6 Å². The molecule has 5 heteroatoms. The first kappa shape index (κ1) is 15.7. The number of aryl methyl sites for hydroxylation is 2. The fourth-order valence-corrected chi connectivity index (χ4v) is 3.09. The van der Waals surface area contributed by atoms with Crippen LogP contribution in [-0.4, -0.2) is 28.8 Å². The second-order valence-corrected chi connectivity index (χ2v) is 6.35. The fraction of sp³-hybridized carbons (Fsp3) is 0.444. The molecule has 2 atom stereocenters. The molecule has 0 saturated carbocycles. The molecule has 1 aromatic carbocycles. The van der Waals surface area contributed by atoms with E-state index in [1.807, 2.05) is 25.5 Å². The molecular formula is C18H24N4O. The number of hydrogen-bond acceptors (Lipinski definition) is 3. The lowest BCUT2D eigenvalue weighted by Crippen LogP contribution is -2.33. The Labute approximate surface area is 137 Å². The molecule has 2 heterocycles. The smallest absolute Gasteiger partial charge is 0.224 e. The van der Waals surface area contributed by atoms with Gasteiger partial charge in [0.2, 0.25) is 5.91 Å². The van der Waals surface area contributed by atoms with Crippen LogP contribution in [0.1, 0.15) is 36.3 Å². The van der Waals surface area contributed by atoms with E-state index in [0.29, 0.717) is 0 Å². The van der Waals surface area contributed by atoms with Crippen LogP contribution in [0.5, 0.6) is 0 Å². The van der Waals surface area contributed by atoms with E-state index < -0.39 is 0 Å². The molecule has 1 aromatic heterocycles. The molecule has 1 aliphatic heterocycles. The molecule has 1 aliphatic rings. The van der Waals surface area contributed by atoms with E-state index >= 15 is 0 Å². The minimum atomic E-state index is 0.0117. The summed E-state index contributed by atoms with van der Waals surface area (Å²) in [6.07, 6.45) is 0.926. The van der Waals surface area contributed by atoms with Gasteiger partial charge in [-0.15, -0.1) is 0 Å². The summed E-state index contributed by atoms with van der Waals surface area (Å²) in [5.74, 6) is 0.247. The Hall–Kier alpha value is -2.14. The maximum atomic E-state index is 12.2. The molecular weight excluding hydrogens is 288 g/mol. The van der Waals surface area contributed by atoms with Crippen LogP contribution in [0, 0.1) is 19.8 Å². The normalized spacial score (nSPS) is 18.8. The molecule has 122 valence electrons. The van der Waals surface area contributed by atoms with Crippen molar-refractivity contribution in [3.05, 3.63) is 47.3 Å². The molecule has 23 heavy (non-hydrogen) atoms. The van der Waals surface area contributed by atoms with Crippen LogP contribution in [0.3, 0.4) is 0 Å². The predicted octanol–water partition coefficient (Wildman–Crippen LogP) is 2.28. The second-order valence-electron chi connectivity index (χ2n) is 6.35. The SMILES string of the molecule is Cc1cc(C)n(-c2ccc(C(C)NC(=O)C3CCNC3)cc2)n1. The highest BCUT2D eigenvalue weighted by atomic mass is 16.2. The summed E-state index contributed by atoms with van der Waals surface area (Å²) in [6, 6.07) is 10.3. The summed E-state index contributed by atoms with van der Waals surface area (Å²) in [5.41, 5.74) is 4.27. The zero-order chi connectivity index (χ0) is 16.4. The van der Waals surface area contributed by atoms with Crippen LogP contribution in [0.2, 0.25) is 0 Å². The van der Waals surface area contributed by atoms with Crippen molar-refractivity contribution in [3.63, 3.8) is 0 Å². The number of rotatable bonds is 4. The third-order valence-electron chi connectivity index (χ3n) is 4.44. The third kappa shape index (κ3) is 3.45. The van der Waals surface area contributed by atoms with Crippen LogP contribution in [-0.2, 0) is 4.79 Å². The van der Waals surface area contributed by atoms with Crippen LogP contribution in [0.25, 0.3) is 5.69 Å². The first-order valence-corrected chi connectivity index (χ1v) is 8.19. The zero-order valence-electron chi connectivity index (χ0n) is 14.0. The van der Waals surface area contributed by atoms with Gasteiger partial charge < -0.3 is 10.6 Å². The van der Waals surface area contributed by atoms with E-state index in [4.69, 9.17) is 0 Å².